The van der Waals surface area contributed by atoms with Crippen molar-refractivity contribution in [3.63, 3.8) is 0 Å². The highest BCUT2D eigenvalue weighted by Crippen LogP contribution is 2.17. The zero-order chi connectivity index (χ0) is 19.6. The molecule has 3 aromatic carbocycles. The van der Waals surface area contributed by atoms with Crippen molar-refractivity contribution in [3.05, 3.63) is 108 Å². The Morgan fingerprint density at radius 1 is 0.821 bits per heavy atom. The zero-order valence-corrected chi connectivity index (χ0v) is 16.4. The number of hydrogen-bond donors (Lipinski definition) is 2. The van der Waals surface area contributed by atoms with Crippen molar-refractivity contribution >= 4 is 5.91 Å². The number of carbonyl (C=O) groups is 1. The van der Waals surface area contributed by atoms with Crippen LogP contribution >= 0.6 is 0 Å². The molecule has 0 saturated heterocycles. The van der Waals surface area contributed by atoms with Gasteiger partial charge in [-0.3, -0.25) is 4.79 Å². The molecule has 28 heavy (non-hydrogen) atoms. The first-order valence-electron chi connectivity index (χ1n) is 9.99. The van der Waals surface area contributed by atoms with Crippen LogP contribution in [0.2, 0.25) is 0 Å². The Morgan fingerprint density at radius 2 is 1.32 bits per heavy atom. The highest BCUT2D eigenvalue weighted by atomic mass is 16.1. The molecule has 0 aromatic heterocycles. The molecule has 0 spiro atoms. The minimum atomic E-state index is 0.0809. The number of carbonyl (C=O) groups excluding carboxylic acids is 1. The van der Waals surface area contributed by atoms with E-state index < -0.39 is 0 Å². The maximum Gasteiger partial charge on any atom is 0.275 e. The van der Waals surface area contributed by atoms with Crippen LogP contribution in [-0.2, 0) is 11.2 Å². The SMILES string of the molecule is C[C@H](CCc1ccccc1)NC(=O)C[NH2+]C(c1ccccc1)c1ccccc1. The first kappa shape index (κ1) is 19.8. The normalized spacial score (nSPS) is 11.9. The first-order valence-corrected chi connectivity index (χ1v) is 9.99. The van der Waals surface area contributed by atoms with E-state index in [1.165, 1.54) is 16.7 Å². The molecular formula is C25H29N2O+. The zero-order valence-electron chi connectivity index (χ0n) is 16.4. The van der Waals surface area contributed by atoms with Gasteiger partial charge in [-0.2, -0.15) is 0 Å². The van der Waals surface area contributed by atoms with Crippen LogP contribution < -0.4 is 10.6 Å². The number of rotatable bonds is 9. The third-order valence-corrected chi connectivity index (χ3v) is 4.97. The standard InChI is InChI=1S/C25H28N2O/c1-20(17-18-21-11-5-2-6-12-21)27-24(28)19-26-25(22-13-7-3-8-14-22)23-15-9-4-10-16-23/h2-16,20,25-26H,17-19H2,1H3,(H,27,28)/p+1/t20-/m1/s1. The molecule has 0 aliphatic heterocycles. The molecule has 0 fully saturated rings. The second-order valence-corrected chi connectivity index (χ2v) is 7.23. The van der Waals surface area contributed by atoms with Gasteiger partial charge in [0.2, 0.25) is 0 Å². The summed E-state index contributed by atoms with van der Waals surface area (Å²) in [5, 5.41) is 5.25. The molecule has 0 saturated carbocycles. The molecule has 3 N–H and O–H groups in total. The van der Waals surface area contributed by atoms with Gasteiger partial charge in [0.25, 0.3) is 5.91 Å². The van der Waals surface area contributed by atoms with Crippen LogP contribution in [0, 0.1) is 0 Å². The Kier molecular flexibility index (Phi) is 7.39. The molecule has 0 bridgehead atoms. The summed E-state index contributed by atoms with van der Waals surface area (Å²) < 4.78 is 0. The number of aryl methyl sites for hydroxylation is 1. The summed E-state index contributed by atoms with van der Waals surface area (Å²) in [4.78, 5) is 12.5. The van der Waals surface area contributed by atoms with E-state index in [1.807, 2.05) is 42.5 Å². The van der Waals surface area contributed by atoms with Gasteiger partial charge in [-0.25, -0.2) is 0 Å². The molecule has 0 radical (unpaired) electrons. The average molecular weight is 374 g/mol. The summed E-state index contributed by atoms with van der Waals surface area (Å²) in [6.45, 7) is 2.48. The van der Waals surface area contributed by atoms with E-state index in [4.69, 9.17) is 0 Å². The predicted molar refractivity (Wildman–Crippen MR) is 114 cm³/mol. The fourth-order valence-corrected chi connectivity index (χ4v) is 3.44. The van der Waals surface area contributed by atoms with Crippen LogP contribution in [0.5, 0.6) is 0 Å². The van der Waals surface area contributed by atoms with E-state index in [-0.39, 0.29) is 18.0 Å². The minimum absolute atomic E-state index is 0.0809. The van der Waals surface area contributed by atoms with Gasteiger partial charge < -0.3 is 10.6 Å². The van der Waals surface area contributed by atoms with Crippen molar-refractivity contribution in [3.8, 4) is 0 Å². The third-order valence-electron chi connectivity index (χ3n) is 4.97. The van der Waals surface area contributed by atoms with Crippen LogP contribution in [-0.4, -0.2) is 18.5 Å². The summed E-state index contributed by atoms with van der Waals surface area (Å²) in [6, 6.07) is 31.4. The van der Waals surface area contributed by atoms with Crippen molar-refractivity contribution in [1.29, 1.82) is 0 Å². The van der Waals surface area contributed by atoms with Crippen LogP contribution in [0.3, 0.4) is 0 Å². The lowest BCUT2D eigenvalue weighted by Gasteiger charge is -2.18. The van der Waals surface area contributed by atoms with Gasteiger partial charge in [0.15, 0.2) is 6.54 Å². The Labute approximate surface area is 167 Å². The second kappa shape index (κ2) is 10.4. The lowest BCUT2D eigenvalue weighted by Crippen LogP contribution is -2.87. The van der Waals surface area contributed by atoms with Gasteiger partial charge in [-0.15, -0.1) is 0 Å². The largest absolute Gasteiger partial charge is 0.349 e. The second-order valence-electron chi connectivity index (χ2n) is 7.23. The lowest BCUT2D eigenvalue weighted by atomic mass is 9.99. The molecule has 1 amide bonds. The van der Waals surface area contributed by atoms with Gasteiger partial charge in [0, 0.05) is 17.2 Å². The van der Waals surface area contributed by atoms with E-state index in [2.05, 4.69) is 66.1 Å². The van der Waals surface area contributed by atoms with Crippen molar-refractivity contribution in [2.75, 3.05) is 6.54 Å². The number of amides is 1. The minimum Gasteiger partial charge on any atom is -0.349 e. The number of nitrogens with two attached hydrogens (primary N) is 1. The fourth-order valence-electron chi connectivity index (χ4n) is 3.44. The van der Waals surface area contributed by atoms with E-state index in [0.29, 0.717) is 6.54 Å². The summed E-state index contributed by atoms with van der Waals surface area (Å²) in [5.41, 5.74) is 3.72. The van der Waals surface area contributed by atoms with Gasteiger partial charge in [-0.05, 0) is 25.3 Å². The van der Waals surface area contributed by atoms with Crippen molar-refractivity contribution in [1.82, 2.24) is 5.32 Å². The maximum absolute atomic E-state index is 12.5. The molecule has 0 aliphatic carbocycles. The van der Waals surface area contributed by atoms with Crippen LogP contribution in [0.1, 0.15) is 36.1 Å². The summed E-state index contributed by atoms with van der Waals surface area (Å²) >= 11 is 0. The van der Waals surface area contributed by atoms with Crippen molar-refractivity contribution in [2.24, 2.45) is 0 Å². The molecule has 1 atom stereocenters. The quantitative estimate of drug-likeness (QED) is 0.593. The molecular weight excluding hydrogens is 344 g/mol. The van der Waals surface area contributed by atoms with E-state index in [1.54, 1.807) is 0 Å². The van der Waals surface area contributed by atoms with Crippen LogP contribution in [0.15, 0.2) is 91.0 Å². The predicted octanol–water partition coefficient (Wildman–Crippen LogP) is 3.48. The fraction of sp³-hybridized carbons (Fsp3) is 0.240. The van der Waals surface area contributed by atoms with Crippen molar-refractivity contribution in [2.45, 2.75) is 31.8 Å². The van der Waals surface area contributed by atoms with Gasteiger partial charge in [0.1, 0.15) is 6.04 Å². The molecule has 144 valence electrons. The molecule has 0 aliphatic rings. The molecule has 3 nitrogen and oxygen atoms in total. The van der Waals surface area contributed by atoms with Crippen LogP contribution in [0.25, 0.3) is 0 Å². The summed E-state index contributed by atoms with van der Waals surface area (Å²) in [6.07, 6.45) is 1.92. The maximum atomic E-state index is 12.5. The van der Waals surface area contributed by atoms with E-state index in [0.717, 1.165) is 12.8 Å². The Balaban J connectivity index is 1.53. The smallest absolute Gasteiger partial charge is 0.275 e. The molecule has 0 heterocycles. The molecule has 0 unspecified atom stereocenters. The van der Waals surface area contributed by atoms with Crippen molar-refractivity contribution < 1.29 is 10.1 Å². The highest BCUT2D eigenvalue weighted by molar-refractivity contribution is 5.77. The number of quaternary nitrogens is 1. The monoisotopic (exact) mass is 373 g/mol. The lowest BCUT2D eigenvalue weighted by molar-refractivity contribution is -0.676. The van der Waals surface area contributed by atoms with Gasteiger partial charge in [0.05, 0.1) is 0 Å². The molecule has 3 rings (SSSR count). The number of nitrogens with one attached hydrogen (secondary N) is 1. The third kappa shape index (κ3) is 6.07. The number of benzene rings is 3. The van der Waals surface area contributed by atoms with E-state index >= 15 is 0 Å². The number of hydrogen-bond acceptors (Lipinski definition) is 1. The summed E-state index contributed by atoms with van der Waals surface area (Å²) in [5.74, 6) is 0.0809. The Morgan fingerprint density at radius 3 is 1.86 bits per heavy atom. The Bertz CT molecular complexity index is 795. The topological polar surface area (TPSA) is 45.7 Å². The summed E-state index contributed by atoms with van der Waals surface area (Å²) in [7, 11) is 0. The highest BCUT2D eigenvalue weighted by Gasteiger charge is 2.19. The average Bonchev–Trinajstić information content (AvgIpc) is 2.75. The molecule has 3 aromatic rings. The first-order chi connectivity index (χ1) is 13.7. The Hall–Kier alpha value is -2.91. The van der Waals surface area contributed by atoms with Crippen LogP contribution in [0.4, 0.5) is 0 Å². The molecule has 3 heteroatoms. The van der Waals surface area contributed by atoms with E-state index in [9.17, 15) is 4.79 Å². The van der Waals surface area contributed by atoms with Gasteiger partial charge >= 0.3 is 0 Å². The van der Waals surface area contributed by atoms with Gasteiger partial charge in [-0.1, -0.05) is 91.0 Å².